The van der Waals surface area contributed by atoms with E-state index in [0.717, 1.165) is 43.3 Å². The van der Waals surface area contributed by atoms with Gasteiger partial charge in [-0.05, 0) is 43.9 Å². The third kappa shape index (κ3) is 2.91. The van der Waals surface area contributed by atoms with Crippen molar-refractivity contribution < 1.29 is 4.52 Å². The molecule has 6 heteroatoms. The van der Waals surface area contributed by atoms with E-state index in [4.69, 9.17) is 16.1 Å². The maximum absolute atomic E-state index is 9.28. The summed E-state index contributed by atoms with van der Waals surface area (Å²) in [7, 11) is 0. The fraction of sp³-hybridized carbons (Fsp3) is 0.471. The summed E-state index contributed by atoms with van der Waals surface area (Å²) in [4.78, 5) is 6.80. The van der Waals surface area contributed by atoms with Gasteiger partial charge in [-0.25, -0.2) is 0 Å². The summed E-state index contributed by atoms with van der Waals surface area (Å²) in [5.41, 5.74) is 1.59. The molecule has 118 valence electrons. The highest BCUT2D eigenvalue weighted by Crippen LogP contribution is 2.40. The van der Waals surface area contributed by atoms with Crippen molar-refractivity contribution in [1.82, 2.24) is 10.1 Å². The predicted octanol–water partition coefficient (Wildman–Crippen LogP) is 3.86. The van der Waals surface area contributed by atoms with Crippen molar-refractivity contribution in [3.63, 3.8) is 0 Å². The average Bonchev–Trinajstić information content (AvgIpc) is 3.32. The van der Waals surface area contributed by atoms with E-state index in [0.29, 0.717) is 22.4 Å². The molecule has 1 aliphatic heterocycles. The smallest absolute Gasteiger partial charge is 0.229 e. The lowest BCUT2D eigenvalue weighted by molar-refractivity contribution is 0.365. The van der Waals surface area contributed by atoms with Gasteiger partial charge in [0.05, 0.1) is 11.3 Å². The zero-order valence-corrected chi connectivity index (χ0v) is 13.5. The molecule has 0 bridgehead atoms. The average molecular weight is 329 g/mol. The zero-order chi connectivity index (χ0) is 15.8. The quantitative estimate of drug-likeness (QED) is 0.856. The Morgan fingerprint density at radius 1 is 1.17 bits per heavy atom. The normalized spacial score (nSPS) is 18.9. The first-order valence-corrected chi connectivity index (χ1v) is 8.40. The number of anilines is 1. The van der Waals surface area contributed by atoms with Gasteiger partial charge in [-0.15, -0.1) is 0 Å². The number of rotatable bonds is 3. The van der Waals surface area contributed by atoms with Crippen LogP contribution in [0.2, 0.25) is 5.02 Å². The van der Waals surface area contributed by atoms with Gasteiger partial charge in [-0.1, -0.05) is 16.8 Å². The fourth-order valence-electron chi connectivity index (χ4n) is 3.15. The Labute approximate surface area is 139 Å². The molecule has 0 unspecified atom stereocenters. The molecular formula is C17H17ClN4O. The molecular weight excluding hydrogens is 312 g/mol. The lowest BCUT2D eigenvalue weighted by Gasteiger charge is -2.33. The minimum Gasteiger partial charge on any atom is -0.370 e. The number of piperidine rings is 1. The van der Waals surface area contributed by atoms with Gasteiger partial charge in [0.1, 0.15) is 6.07 Å². The van der Waals surface area contributed by atoms with Crippen LogP contribution in [0.15, 0.2) is 22.7 Å². The second-order valence-corrected chi connectivity index (χ2v) is 6.74. The van der Waals surface area contributed by atoms with Crippen LogP contribution in [-0.2, 0) is 0 Å². The number of nitrogens with zero attached hydrogens (tertiary/aromatic N) is 4. The molecule has 0 amide bonds. The minimum absolute atomic E-state index is 0.340. The van der Waals surface area contributed by atoms with Crippen LogP contribution in [0.5, 0.6) is 0 Å². The molecule has 2 fully saturated rings. The van der Waals surface area contributed by atoms with E-state index in [1.54, 1.807) is 12.1 Å². The minimum atomic E-state index is 0.340. The molecule has 0 atom stereocenters. The second-order valence-electron chi connectivity index (χ2n) is 6.30. The highest BCUT2D eigenvalue weighted by atomic mass is 35.5. The summed E-state index contributed by atoms with van der Waals surface area (Å²) in [5, 5.41) is 14.1. The Morgan fingerprint density at radius 3 is 2.65 bits per heavy atom. The van der Waals surface area contributed by atoms with Gasteiger partial charge < -0.3 is 9.42 Å². The van der Waals surface area contributed by atoms with E-state index in [1.807, 2.05) is 6.07 Å². The van der Waals surface area contributed by atoms with Crippen LogP contribution in [0.4, 0.5) is 5.69 Å². The van der Waals surface area contributed by atoms with Gasteiger partial charge in [-0.3, -0.25) is 0 Å². The highest BCUT2D eigenvalue weighted by Gasteiger charge is 2.32. The van der Waals surface area contributed by atoms with E-state index in [2.05, 4.69) is 21.1 Å². The standard InChI is InChI=1S/C17H17ClN4O/c18-14-4-3-13(10-19)15(9-14)22-7-5-11(6-8-22)16-20-17(23-21-16)12-1-2-12/h3-4,9,11-12H,1-2,5-8H2. The van der Waals surface area contributed by atoms with Crippen LogP contribution < -0.4 is 4.90 Å². The third-order valence-corrected chi connectivity index (χ3v) is 4.90. The molecule has 1 aliphatic carbocycles. The summed E-state index contributed by atoms with van der Waals surface area (Å²) in [6, 6.07) is 7.66. The van der Waals surface area contributed by atoms with Crippen LogP contribution in [-0.4, -0.2) is 23.2 Å². The summed E-state index contributed by atoms with van der Waals surface area (Å²) in [6.07, 6.45) is 4.26. The molecule has 23 heavy (non-hydrogen) atoms. The van der Waals surface area contributed by atoms with Crippen LogP contribution in [0.1, 0.15) is 54.8 Å². The number of aromatic nitrogens is 2. The van der Waals surface area contributed by atoms with Crippen molar-refractivity contribution in [1.29, 1.82) is 5.26 Å². The summed E-state index contributed by atoms with van der Waals surface area (Å²) in [5.74, 6) is 2.50. The molecule has 5 nitrogen and oxygen atoms in total. The first kappa shape index (κ1) is 14.5. The number of hydrogen-bond donors (Lipinski definition) is 0. The van der Waals surface area contributed by atoms with Crippen molar-refractivity contribution in [2.24, 2.45) is 0 Å². The van der Waals surface area contributed by atoms with Crippen molar-refractivity contribution >= 4 is 17.3 Å². The summed E-state index contributed by atoms with van der Waals surface area (Å²) >= 11 is 6.09. The van der Waals surface area contributed by atoms with Gasteiger partial charge in [0.25, 0.3) is 0 Å². The fourth-order valence-corrected chi connectivity index (χ4v) is 3.32. The van der Waals surface area contributed by atoms with Crippen LogP contribution in [0, 0.1) is 11.3 Å². The summed E-state index contributed by atoms with van der Waals surface area (Å²) < 4.78 is 5.37. The van der Waals surface area contributed by atoms with Crippen molar-refractivity contribution in [3.05, 3.63) is 40.5 Å². The lowest BCUT2D eigenvalue weighted by atomic mass is 9.95. The largest absolute Gasteiger partial charge is 0.370 e. The van der Waals surface area contributed by atoms with E-state index >= 15 is 0 Å². The van der Waals surface area contributed by atoms with E-state index in [-0.39, 0.29) is 0 Å². The van der Waals surface area contributed by atoms with Crippen LogP contribution in [0.3, 0.4) is 0 Å². The van der Waals surface area contributed by atoms with Crippen molar-refractivity contribution in [3.8, 4) is 6.07 Å². The SMILES string of the molecule is N#Cc1ccc(Cl)cc1N1CCC(c2noc(C3CC3)n2)CC1. The molecule has 1 aromatic carbocycles. The Balaban J connectivity index is 1.46. The predicted molar refractivity (Wildman–Crippen MR) is 86.6 cm³/mol. The third-order valence-electron chi connectivity index (χ3n) is 4.67. The molecule has 2 aliphatic rings. The molecule has 2 heterocycles. The number of hydrogen-bond acceptors (Lipinski definition) is 5. The first-order chi connectivity index (χ1) is 11.2. The zero-order valence-electron chi connectivity index (χ0n) is 12.7. The van der Waals surface area contributed by atoms with Gasteiger partial charge >= 0.3 is 0 Å². The van der Waals surface area contributed by atoms with Crippen molar-refractivity contribution in [2.45, 2.75) is 37.5 Å². The van der Waals surface area contributed by atoms with Crippen LogP contribution in [0.25, 0.3) is 0 Å². The molecule has 0 radical (unpaired) electrons. The van der Waals surface area contributed by atoms with Crippen LogP contribution >= 0.6 is 11.6 Å². The van der Waals surface area contributed by atoms with Gasteiger partial charge in [0.2, 0.25) is 5.89 Å². The molecule has 1 saturated heterocycles. The van der Waals surface area contributed by atoms with E-state index in [9.17, 15) is 5.26 Å². The maximum atomic E-state index is 9.28. The Bertz CT molecular complexity index is 754. The molecule has 4 rings (SSSR count). The Kier molecular flexibility index (Phi) is 3.70. The maximum Gasteiger partial charge on any atom is 0.229 e. The molecule has 0 spiro atoms. The molecule has 1 saturated carbocycles. The first-order valence-electron chi connectivity index (χ1n) is 8.02. The van der Waals surface area contributed by atoms with Gasteiger partial charge in [0, 0.05) is 29.9 Å². The number of nitriles is 1. The Morgan fingerprint density at radius 2 is 1.96 bits per heavy atom. The monoisotopic (exact) mass is 328 g/mol. The van der Waals surface area contributed by atoms with E-state index in [1.165, 1.54) is 12.8 Å². The number of benzene rings is 1. The highest BCUT2D eigenvalue weighted by molar-refractivity contribution is 6.30. The van der Waals surface area contributed by atoms with Crippen molar-refractivity contribution in [2.75, 3.05) is 18.0 Å². The topological polar surface area (TPSA) is 66.0 Å². The van der Waals surface area contributed by atoms with Gasteiger partial charge in [0.15, 0.2) is 5.82 Å². The lowest BCUT2D eigenvalue weighted by Crippen LogP contribution is -2.33. The van der Waals surface area contributed by atoms with Gasteiger partial charge in [-0.2, -0.15) is 10.2 Å². The molecule has 0 N–H and O–H groups in total. The second kappa shape index (κ2) is 5.86. The Hall–Kier alpha value is -2.06. The van der Waals surface area contributed by atoms with E-state index < -0.39 is 0 Å². The molecule has 2 aromatic rings. The number of halogens is 1. The summed E-state index contributed by atoms with van der Waals surface area (Å²) in [6.45, 7) is 1.74. The molecule has 1 aromatic heterocycles.